The summed E-state index contributed by atoms with van der Waals surface area (Å²) >= 11 is 0. The number of amides is 2. The molecule has 17 heavy (non-hydrogen) atoms. The zero-order chi connectivity index (χ0) is 12.8. The summed E-state index contributed by atoms with van der Waals surface area (Å²) in [5.41, 5.74) is 0.361. The Labute approximate surface area is 97.2 Å². The maximum absolute atomic E-state index is 11.3. The number of nitro groups is 1. The molecule has 0 saturated carbocycles. The van der Waals surface area contributed by atoms with Crippen LogP contribution in [0.3, 0.4) is 0 Å². The smallest absolute Gasteiger partial charge is 0.320 e. The van der Waals surface area contributed by atoms with Crippen molar-refractivity contribution in [3.05, 3.63) is 34.4 Å². The van der Waals surface area contributed by atoms with E-state index in [2.05, 4.69) is 10.6 Å². The van der Waals surface area contributed by atoms with Crippen LogP contribution in [-0.4, -0.2) is 17.0 Å². The van der Waals surface area contributed by atoms with E-state index in [9.17, 15) is 14.9 Å². The topological polar surface area (TPSA) is 108 Å². The van der Waals surface area contributed by atoms with Crippen LogP contribution in [0.25, 0.3) is 0 Å². The van der Waals surface area contributed by atoms with E-state index in [4.69, 9.17) is 5.26 Å². The lowest BCUT2D eigenvalue weighted by atomic mass is 10.3. The molecule has 1 aromatic carbocycles. The Kier molecular flexibility index (Phi) is 4.00. The van der Waals surface area contributed by atoms with E-state index >= 15 is 0 Å². The van der Waals surface area contributed by atoms with Gasteiger partial charge in [0.05, 0.1) is 11.0 Å². The molecule has 0 aromatic heterocycles. The van der Waals surface area contributed by atoms with Crippen molar-refractivity contribution in [1.82, 2.24) is 5.32 Å². The third kappa shape index (κ3) is 3.79. The van der Waals surface area contributed by atoms with E-state index in [-0.39, 0.29) is 5.69 Å². The van der Waals surface area contributed by atoms with Gasteiger partial charge in [-0.3, -0.25) is 10.1 Å². The Morgan fingerprint density at radius 1 is 1.47 bits per heavy atom. The van der Waals surface area contributed by atoms with Crippen LogP contribution in [-0.2, 0) is 0 Å². The van der Waals surface area contributed by atoms with Crippen molar-refractivity contribution in [2.75, 3.05) is 5.32 Å². The number of nitrogens with zero attached hydrogens (tertiary/aromatic N) is 2. The van der Waals surface area contributed by atoms with Crippen LogP contribution >= 0.6 is 0 Å². The highest BCUT2D eigenvalue weighted by molar-refractivity contribution is 5.89. The number of anilines is 1. The quantitative estimate of drug-likeness (QED) is 0.611. The lowest BCUT2D eigenvalue weighted by Crippen LogP contribution is -2.35. The van der Waals surface area contributed by atoms with E-state index in [1.54, 1.807) is 0 Å². The van der Waals surface area contributed by atoms with Crippen molar-refractivity contribution in [3.63, 3.8) is 0 Å². The molecule has 1 atom stereocenters. The Morgan fingerprint density at radius 2 is 2.06 bits per heavy atom. The van der Waals surface area contributed by atoms with Crippen molar-refractivity contribution >= 4 is 17.4 Å². The van der Waals surface area contributed by atoms with Crippen molar-refractivity contribution in [2.24, 2.45) is 0 Å². The second-order valence-electron chi connectivity index (χ2n) is 3.25. The van der Waals surface area contributed by atoms with Crippen LogP contribution in [0.2, 0.25) is 0 Å². The van der Waals surface area contributed by atoms with Gasteiger partial charge in [-0.15, -0.1) is 0 Å². The molecule has 0 aliphatic rings. The van der Waals surface area contributed by atoms with Crippen LogP contribution in [0.4, 0.5) is 16.2 Å². The largest absolute Gasteiger partial charge is 0.322 e. The minimum absolute atomic E-state index is 0.0543. The van der Waals surface area contributed by atoms with Crippen molar-refractivity contribution < 1.29 is 9.72 Å². The lowest BCUT2D eigenvalue weighted by Gasteiger charge is -2.08. The summed E-state index contributed by atoms with van der Waals surface area (Å²) < 4.78 is 0. The molecular weight excluding hydrogens is 224 g/mol. The lowest BCUT2D eigenvalue weighted by molar-refractivity contribution is -0.384. The normalized spacial score (nSPS) is 11.1. The third-order valence-electron chi connectivity index (χ3n) is 1.88. The number of benzene rings is 1. The molecule has 1 rings (SSSR count). The molecule has 0 spiro atoms. The predicted octanol–water partition coefficient (Wildman–Crippen LogP) is 1.63. The third-order valence-corrected chi connectivity index (χ3v) is 1.88. The minimum atomic E-state index is -0.604. The SMILES string of the molecule is CC(C#N)NC(=O)Nc1ccc([N+](=O)[O-])cc1. The van der Waals surface area contributed by atoms with Gasteiger partial charge in [0.1, 0.15) is 6.04 Å². The zero-order valence-corrected chi connectivity index (χ0v) is 9.01. The maximum atomic E-state index is 11.3. The van der Waals surface area contributed by atoms with Gasteiger partial charge >= 0.3 is 6.03 Å². The van der Waals surface area contributed by atoms with Gasteiger partial charge in [-0.25, -0.2) is 4.79 Å². The summed E-state index contributed by atoms with van der Waals surface area (Å²) in [5, 5.41) is 23.7. The second-order valence-corrected chi connectivity index (χ2v) is 3.25. The summed E-state index contributed by atoms with van der Waals surface area (Å²) in [6.07, 6.45) is 0. The first-order chi connectivity index (χ1) is 8.02. The fraction of sp³-hybridized carbons (Fsp3) is 0.200. The van der Waals surface area contributed by atoms with Gasteiger partial charge in [0.2, 0.25) is 0 Å². The highest BCUT2D eigenvalue weighted by Gasteiger charge is 2.07. The van der Waals surface area contributed by atoms with Gasteiger partial charge in [-0.05, 0) is 19.1 Å². The number of rotatable bonds is 3. The molecule has 1 unspecified atom stereocenters. The first-order valence-corrected chi connectivity index (χ1v) is 4.74. The van der Waals surface area contributed by atoms with Crippen LogP contribution in [0.1, 0.15) is 6.92 Å². The number of urea groups is 1. The molecule has 88 valence electrons. The zero-order valence-electron chi connectivity index (χ0n) is 9.01. The van der Waals surface area contributed by atoms with Crippen LogP contribution in [0.15, 0.2) is 24.3 Å². The predicted molar refractivity (Wildman–Crippen MR) is 60.3 cm³/mol. The monoisotopic (exact) mass is 234 g/mol. The molecule has 7 nitrogen and oxygen atoms in total. The molecule has 0 fully saturated rings. The Balaban J connectivity index is 2.61. The molecule has 0 aliphatic heterocycles. The number of nitrogens with one attached hydrogen (secondary N) is 2. The Bertz CT molecular complexity index is 463. The molecule has 0 heterocycles. The van der Waals surface area contributed by atoms with E-state index in [0.717, 1.165) is 0 Å². The average Bonchev–Trinajstić information content (AvgIpc) is 2.29. The number of carbonyl (C=O) groups excluding carboxylic acids is 1. The summed E-state index contributed by atoms with van der Waals surface area (Å²) in [6, 6.07) is 6.09. The van der Waals surface area contributed by atoms with Gasteiger partial charge in [0.15, 0.2) is 0 Å². The van der Waals surface area contributed by atoms with Gasteiger partial charge < -0.3 is 10.6 Å². The van der Waals surface area contributed by atoms with E-state index in [1.807, 2.05) is 6.07 Å². The van der Waals surface area contributed by atoms with Crippen LogP contribution in [0, 0.1) is 21.4 Å². The van der Waals surface area contributed by atoms with Crippen molar-refractivity contribution in [1.29, 1.82) is 5.26 Å². The summed E-state index contributed by atoms with van der Waals surface area (Å²) in [5.74, 6) is 0. The fourth-order valence-electron chi connectivity index (χ4n) is 1.06. The summed E-state index contributed by atoms with van der Waals surface area (Å²) in [4.78, 5) is 21.2. The molecule has 0 saturated heterocycles. The number of nitriles is 1. The highest BCUT2D eigenvalue weighted by Crippen LogP contribution is 2.15. The summed E-state index contributed by atoms with van der Waals surface area (Å²) in [6.45, 7) is 1.54. The molecule has 1 aromatic rings. The van der Waals surface area contributed by atoms with Gasteiger partial charge in [-0.2, -0.15) is 5.26 Å². The van der Waals surface area contributed by atoms with E-state index in [0.29, 0.717) is 5.69 Å². The van der Waals surface area contributed by atoms with Crippen molar-refractivity contribution in [3.8, 4) is 6.07 Å². The average molecular weight is 234 g/mol. The first-order valence-electron chi connectivity index (χ1n) is 4.74. The van der Waals surface area contributed by atoms with Gasteiger partial charge in [0.25, 0.3) is 5.69 Å². The summed E-state index contributed by atoms with van der Waals surface area (Å²) in [7, 11) is 0. The molecular formula is C10H10N4O3. The Hall–Kier alpha value is -2.62. The van der Waals surface area contributed by atoms with Gasteiger partial charge in [0, 0.05) is 17.8 Å². The molecule has 2 N–H and O–H groups in total. The van der Waals surface area contributed by atoms with Crippen LogP contribution < -0.4 is 10.6 Å². The number of nitro benzene ring substituents is 1. The molecule has 0 bridgehead atoms. The standard InChI is InChI=1S/C10H10N4O3/c1-7(6-11)12-10(15)13-8-2-4-9(5-3-8)14(16)17/h2-5,7H,1H3,(H2,12,13,15). The van der Waals surface area contributed by atoms with Gasteiger partial charge in [-0.1, -0.05) is 0 Å². The number of carbonyl (C=O) groups is 1. The number of non-ortho nitro benzene ring substituents is 1. The van der Waals surface area contributed by atoms with Crippen molar-refractivity contribution in [2.45, 2.75) is 13.0 Å². The molecule has 0 aliphatic carbocycles. The number of hydrogen-bond donors (Lipinski definition) is 2. The molecule has 7 heteroatoms. The van der Waals surface area contributed by atoms with E-state index < -0.39 is 17.0 Å². The van der Waals surface area contributed by atoms with Crippen LogP contribution in [0.5, 0.6) is 0 Å². The highest BCUT2D eigenvalue weighted by atomic mass is 16.6. The number of hydrogen-bond acceptors (Lipinski definition) is 4. The second kappa shape index (κ2) is 5.46. The first kappa shape index (κ1) is 12.4. The van der Waals surface area contributed by atoms with E-state index in [1.165, 1.54) is 31.2 Å². The molecule has 0 radical (unpaired) electrons. The molecule has 2 amide bonds. The fourth-order valence-corrected chi connectivity index (χ4v) is 1.06. The maximum Gasteiger partial charge on any atom is 0.320 e. The Morgan fingerprint density at radius 3 is 2.53 bits per heavy atom. The minimum Gasteiger partial charge on any atom is -0.322 e.